The Balaban J connectivity index is 2.08. The highest BCUT2D eigenvalue weighted by Crippen LogP contribution is 2.52. The number of alkyl halides is 6. The van der Waals surface area contributed by atoms with Crippen LogP contribution in [0.2, 0.25) is 0 Å². The highest BCUT2D eigenvalue weighted by molar-refractivity contribution is 9.10. The number of halogens is 7. The predicted octanol–water partition coefficient (Wildman–Crippen LogP) is 7.02. The summed E-state index contributed by atoms with van der Waals surface area (Å²) in [6.45, 7) is 1.59. The topological polar surface area (TPSA) is 116 Å². The maximum atomic E-state index is 13.8. The van der Waals surface area contributed by atoms with E-state index in [1.165, 1.54) is 18.5 Å². The summed E-state index contributed by atoms with van der Waals surface area (Å²) in [7, 11) is 0. The van der Waals surface area contributed by atoms with Crippen molar-refractivity contribution in [3.05, 3.63) is 86.9 Å². The van der Waals surface area contributed by atoms with Gasteiger partial charge in [0.05, 0.1) is 44.5 Å². The van der Waals surface area contributed by atoms with E-state index >= 15 is 0 Å². The molecule has 0 radical (unpaired) electrons. The second kappa shape index (κ2) is 10.4. The Bertz CT molecular complexity index is 1490. The standard InChI is InChI=1S/C26H20BrF6N5O2/c1-2-24(35)9-19(18-8-15(25(28,29)30)3-4-20(18)38(24)23(39)40)21(22-36-11-17(27)12-37-22)14-5-13(10-34)6-16(7-14)26(31,32)33/h3-8,11-12,19,21H,2,9,35H2,1H3,(H,39,40)/t19-,21?,24-/m1/s1. The first-order valence-electron chi connectivity index (χ1n) is 11.7. The molecule has 2 aromatic carbocycles. The molecular formula is C26H20BrF6N5O2. The number of amides is 1. The largest absolute Gasteiger partial charge is 0.465 e. The van der Waals surface area contributed by atoms with Crippen molar-refractivity contribution >= 4 is 27.7 Å². The molecule has 0 bridgehead atoms. The Morgan fingerprint density at radius 3 is 2.30 bits per heavy atom. The average Bonchev–Trinajstić information content (AvgIpc) is 2.88. The number of anilines is 1. The van der Waals surface area contributed by atoms with Gasteiger partial charge in [0.25, 0.3) is 0 Å². The molecule has 4 rings (SSSR count). The van der Waals surface area contributed by atoms with Crippen molar-refractivity contribution in [2.75, 3.05) is 4.90 Å². The number of carboxylic acid groups (broad SMARTS) is 1. The van der Waals surface area contributed by atoms with Crippen LogP contribution in [-0.2, 0) is 12.4 Å². The number of hydrogen-bond acceptors (Lipinski definition) is 5. The Hall–Kier alpha value is -3.70. The molecule has 3 aromatic rings. The van der Waals surface area contributed by atoms with Crippen LogP contribution in [0, 0.1) is 11.3 Å². The number of hydrogen-bond donors (Lipinski definition) is 2. The van der Waals surface area contributed by atoms with E-state index in [1.54, 1.807) is 13.0 Å². The number of benzene rings is 2. The SMILES string of the molecule is CC[C@]1(N)C[C@@H](C(c2cc(C#N)cc(C(F)(F)F)c2)c2ncc(Br)cn2)c2cc(C(F)(F)F)ccc2N1C(=O)O. The van der Waals surface area contributed by atoms with Gasteiger partial charge >= 0.3 is 18.4 Å². The van der Waals surface area contributed by atoms with Crippen LogP contribution in [0.1, 0.15) is 65.2 Å². The molecule has 14 heteroatoms. The van der Waals surface area contributed by atoms with Crippen LogP contribution in [-0.4, -0.2) is 26.8 Å². The second-order valence-corrected chi connectivity index (χ2v) is 10.3. The number of nitrogens with two attached hydrogens (primary N) is 1. The number of fused-ring (bicyclic) bond motifs is 1. The summed E-state index contributed by atoms with van der Waals surface area (Å²) < 4.78 is 83.3. The van der Waals surface area contributed by atoms with Gasteiger partial charge in [-0.3, -0.25) is 4.90 Å². The summed E-state index contributed by atoms with van der Waals surface area (Å²) in [5.74, 6) is -2.41. The zero-order valence-corrected chi connectivity index (χ0v) is 22.1. The fourth-order valence-corrected chi connectivity index (χ4v) is 5.26. The summed E-state index contributed by atoms with van der Waals surface area (Å²) >= 11 is 3.18. The highest BCUT2D eigenvalue weighted by Gasteiger charge is 2.48. The van der Waals surface area contributed by atoms with Crippen LogP contribution < -0.4 is 10.6 Å². The van der Waals surface area contributed by atoms with Crippen LogP contribution in [0.4, 0.5) is 36.8 Å². The van der Waals surface area contributed by atoms with Gasteiger partial charge in [-0.15, -0.1) is 0 Å². The third-order valence-corrected chi connectivity index (χ3v) is 7.32. The van der Waals surface area contributed by atoms with Gasteiger partial charge < -0.3 is 10.8 Å². The van der Waals surface area contributed by atoms with Crippen molar-refractivity contribution in [2.45, 2.75) is 49.6 Å². The molecule has 0 saturated carbocycles. The molecule has 0 aliphatic carbocycles. The molecule has 1 aromatic heterocycles. The fourth-order valence-electron chi connectivity index (χ4n) is 5.05. The highest BCUT2D eigenvalue weighted by atomic mass is 79.9. The summed E-state index contributed by atoms with van der Waals surface area (Å²) in [6, 6.07) is 6.80. The molecule has 0 spiro atoms. The third-order valence-electron chi connectivity index (χ3n) is 6.91. The lowest BCUT2D eigenvalue weighted by atomic mass is 9.71. The van der Waals surface area contributed by atoms with Crippen molar-refractivity contribution in [2.24, 2.45) is 5.73 Å². The molecule has 3 N–H and O–H groups in total. The van der Waals surface area contributed by atoms with Gasteiger partial charge in [-0.05, 0) is 76.3 Å². The summed E-state index contributed by atoms with van der Waals surface area (Å²) in [5.41, 5.74) is 1.99. The zero-order chi connectivity index (χ0) is 29.6. The molecule has 0 fully saturated rings. The third kappa shape index (κ3) is 5.48. The number of nitrogens with zero attached hydrogens (tertiary/aromatic N) is 4. The molecular weight excluding hydrogens is 608 g/mol. The summed E-state index contributed by atoms with van der Waals surface area (Å²) in [5, 5.41) is 19.5. The first-order chi connectivity index (χ1) is 18.6. The Morgan fingerprint density at radius 2 is 1.77 bits per heavy atom. The molecule has 1 unspecified atom stereocenters. The van der Waals surface area contributed by atoms with Crippen molar-refractivity contribution in [3.63, 3.8) is 0 Å². The van der Waals surface area contributed by atoms with E-state index in [0.717, 1.165) is 29.2 Å². The number of nitriles is 1. The Kier molecular flexibility index (Phi) is 7.59. The van der Waals surface area contributed by atoms with Crippen LogP contribution in [0.15, 0.2) is 53.3 Å². The minimum atomic E-state index is -4.85. The zero-order valence-electron chi connectivity index (χ0n) is 20.6. The lowest BCUT2D eigenvalue weighted by molar-refractivity contribution is -0.138. The number of aromatic nitrogens is 2. The molecule has 210 valence electrons. The quantitative estimate of drug-likeness (QED) is 0.300. The van der Waals surface area contributed by atoms with E-state index in [0.29, 0.717) is 10.5 Å². The monoisotopic (exact) mass is 627 g/mol. The number of carbonyl (C=O) groups is 1. The Labute approximate surface area is 232 Å². The number of rotatable bonds is 4. The van der Waals surface area contributed by atoms with Crippen LogP contribution >= 0.6 is 15.9 Å². The van der Waals surface area contributed by atoms with Gasteiger partial charge in [-0.1, -0.05) is 6.92 Å². The van der Waals surface area contributed by atoms with Crippen molar-refractivity contribution in [3.8, 4) is 6.07 Å². The average molecular weight is 628 g/mol. The predicted molar refractivity (Wildman–Crippen MR) is 134 cm³/mol. The van der Waals surface area contributed by atoms with E-state index in [9.17, 15) is 41.5 Å². The van der Waals surface area contributed by atoms with Crippen molar-refractivity contribution < 1.29 is 36.2 Å². The van der Waals surface area contributed by atoms with E-state index in [2.05, 4.69) is 25.9 Å². The first kappa shape index (κ1) is 29.3. The minimum absolute atomic E-state index is 0.0240. The van der Waals surface area contributed by atoms with Gasteiger partial charge in [-0.25, -0.2) is 14.8 Å². The van der Waals surface area contributed by atoms with Crippen molar-refractivity contribution in [1.29, 1.82) is 5.26 Å². The normalized spacial score (nSPS) is 20.0. The molecule has 1 amide bonds. The van der Waals surface area contributed by atoms with E-state index < -0.39 is 47.1 Å². The molecule has 1 aliphatic rings. The van der Waals surface area contributed by atoms with Crippen LogP contribution in [0.3, 0.4) is 0 Å². The molecule has 3 atom stereocenters. The van der Waals surface area contributed by atoms with Gasteiger partial charge in [0, 0.05) is 18.3 Å². The maximum absolute atomic E-state index is 13.8. The fraction of sp³-hybridized carbons (Fsp3) is 0.308. The van der Waals surface area contributed by atoms with E-state index in [1.807, 2.05) is 0 Å². The Morgan fingerprint density at radius 1 is 1.15 bits per heavy atom. The van der Waals surface area contributed by atoms with Crippen LogP contribution in [0.5, 0.6) is 0 Å². The van der Waals surface area contributed by atoms with Gasteiger partial charge in [0.1, 0.15) is 5.82 Å². The molecule has 7 nitrogen and oxygen atoms in total. The van der Waals surface area contributed by atoms with Gasteiger partial charge in [-0.2, -0.15) is 31.6 Å². The molecule has 40 heavy (non-hydrogen) atoms. The van der Waals surface area contributed by atoms with Gasteiger partial charge in [0.2, 0.25) is 0 Å². The lowest BCUT2D eigenvalue weighted by Gasteiger charge is -2.48. The van der Waals surface area contributed by atoms with Gasteiger partial charge in [0.15, 0.2) is 0 Å². The minimum Gasteiger partial charge on any atom is -0.465 e. The smallest absolute Gasteiger partial charge is 0.416 e. The van der Waals surface area contributed by atoms with E-state index in [-0.39, 0.29) is 41.0 Å². The molecule has 2 heterocycles. The summed E-state index contributed by atoms with van der Waals surface area (Å²) in [4.78, 5) is 21.6. The first-order valence-corrected chi connectivity index (χ1v) is 12.5. The molecule has 1 aliphatic heterocycles. The van der Waals surface area contributed by atoms with Crippen LogP contribution in [0.25, 0.3) is 0 Å². The maximum Gasteiger partial charge on any atom is 0.416 e. The van der Waals surface area contributed by atoms with E-state index in [4.69, 9.17) is 5.73 Å². The van der Waals surface area contributed by atoms with Crippen molar-refractivity contribution in [1.82, 2.24) is 9.97 Å². The second-order valence-electron chi connectivity index (χ2n) is 9.35. The lowest BCUT2D eigenvalue weighted by Crippen LogP contribution is -2.61. The summed E-state index contributed by atoms with van der Waals surface area (Å²) in [6.07, 6.45) is -8.77. The molecule has 0 saturated heterocycles.